The minimum atomic E-state index is -3.77. The smallest absolute Gasteiger partial charge is 0.305 e. The summed E-state index contributed by atoms with van der Waals surface area (Å²) < 4.78 is 27.4. The highest BCUT2D eigenvalue weighted by Gasteiger charge is 2.26. The average Bonchev–Trinajstić information content (AvgIpc) is 2.87. The Kier molecular flexibility index (Phi) is 5.02. The molecule has 0 spiro atoms. The van der Waals surface area contributed by atoms with E-state index < -0.39 is 16.0 Å². The lowest BCUT2D eigenvalue weighted by atomic mass is 10.3. The van der Waals surface area contributed by atoms with E-state index in [0.29, 0.717) is 9.47 Å². The van der Waals surface area contributed by atoms with Crippen LogP contribution >= 0.6 is 27.3 Å². The number of aliphatic carboxylic acids is 1. The van der Waals surface area contributed by atoms with Crippen LogP contribution in [0.3, 0.4) is 0 Å². The number of carbonyl (C=O) groups is 1. The quantitative estimate of drug-likeness (QED) is 0.822. The molecule has 112 valence electrons. The van der Waals surface area contributed by atoms with Crippen LogP contribution in [-0.4, -0.2) is 26.0 Å². The number of hydrogen-bond acceptors (Lipinski definition) is 4. The van der Waals surface area contributed by atoms with Gasteiger partial charge in [-0.15, -0.1) is 11.3 Å². The molecule has 1 aromatic heterocycles. The normalized spacial score (nSPS) is 11.3. The molecule has 0 saturated carbocycles. The first-order valence-electron chi connectivity index (χ1n) is 5.96. The second-order valence-corrected chi connectivity index (χ2v) is 8.67. The minimum Gasteiger partial charge on any atom is -0.481 e. The number of anilines is 1. The van der Waals surface area contributed by atoms with Crippen molar-refractivity contribution in [3.05, 3.63) is 46.3 Å². The number of thiophene rings is 1. The Morgan fingerprint density at radius 2 is 1.86 bits per heavy atom. The van der Waals surface area contributed by atoms with E-state index in [1.165, 1.54) is 6.07 Å². The molecule has 0 radical (unpaired) electrons. The lowest BCUT2D eigenvalue weighted by Gasteiger charge is -2.23. The van der Waals surface area contributed by atoms with Crippen LogP contribution in [0.4, 0.5) is 5.69 Å². The van der Waals surface area contributed by atoms with Crippen LogP contribution in [0, 0.1) is 0 Å². The number of sulfonamides is 1. The van der Waals surface area contributed by atoms with E-state index in [1.807, 2.05) is 0 Å². The summed E-state index contributed by atoms with van der Waals surface area (Å²) in [4.78, 5) is 10.8. The van der Waals surface area contributed by atoms with Crippen molar-refractivity contribution in [2.24, 2.45) is 0 Å². The molecule has 1 N–H and O–H groups in total. The van der Waals surface area contributed by atoms with Crippen LogP contribution in [0.2, 0.25) is 0 Å². The Hall–Kier alpha value is -1.38. The predicted octanol–water partition coefficient (Wildman–Crippen LogP) is 3.18. The van der Waals surface area contributed by atoms with Crippen LogP contribution in [0.25, 0.3) is 0 Å². The molecule has 1 heterocycles. The molecule has 21 heavy (non-hydrogen) atoms. The lowest BCUT2D eigenvalue weighted by molar-refractivity contribution is -0.136. The van der Waals surface area contributed by atoms with Crippen molar-refractivity contribution in [1.29, 1.82) is 0 Å². The zero-order valence-corrected chi connectivity index (χ0v) is 14.0. The monoisotopic (exact) mass is 389 g/mol. The maximum Gasteiger partial charge on any atom is 0.305 e. The van der Waals surface area contributed by atoms with Crippen LogP contribution in [0.1, 0.15) is 6.42 Å². The Morgan fingerprint density at radius 1 is 1.19 bits per heavy atom. The third-order valence-corrected chi connectivity index (χ3v) is 6.58. The highest BCUT2D eigenvalue weighted by atomic mass is 79.9. The molecule has 0 aliphatic heterocycles. The Balaban J connectivity index is 2.41. The fourth-order valence-electron chi connectivity index (χ4n) is 1.72. The molecule has 1 aromatic carbocycles. The van der Waals surface area contributed by atoms with Crippen LogP contribution < -0.4 is 4.31 Å². The van der Waals surface area contributed by atoms with E-state index >= 15 is 0 Å². The summed E-state index contributed by atoms with van der Waals surface area (Å²) in [6.07, 6.45) is -0.263. The molecule has 8 heteroatoms. The summed E-state index contributed by atoms with van der Waals surface area (Å²) in [6.45, 7) is -0.114. The molecular formula is C13H12BrNO4S2. The zero-order chi connectivity index (χ0) is 15.5. The van der Waals surface area contributed by atoms with Crippen molar-refractivity contribution in [3.63, 3.8) is 0 Å². The number of nitrogens with zero attached hydrogens (tertiary/aromatic N) is 1. The fraction of sp³-hybridized carbons (Fsp3) is 0.154. The summed E-state index contributed by atoms with van der Waals surface area (Å²) in [5, 5.41) is 8.82. The third-order valence-electron chi connectivity index (χ3n) is 2.67. The molecule has 2 aromatic rings. The van der Waals surface area contributed by atoms with Gasteiger partial charge in [-0.05, 0) is 40.2 Å². The van der Waals surface area contributed by atoms with Gasteiger partial charge in [-0.3, -0.25) is 9.10 Å². The topological polar surface area (TPSA) is 74.7 Å². The predicted molar refractivity (Wildman–Crippen MR) is 85.2 cm³/mol. The third kappa shape index (κ3) is 3.84. The number of hydrogen-bond donors (Lipinski definition) is 1. The number of carboxylic acid groups (broad SMARTS) is 1. The molecule has 0 unspecified atom stereocenters. The molecular weight excluding hydrogens is 378 g/mol. The average molecular weight is 390 g/mol. The van der Waals surface area contributed by atoms with Crippen molar-refractivity contribution in [2.45, 2.75) is 10.6 Å². The Bertz CT molecular complexity index is 728. The fourth-order valence-corrected chi connectivity index (χ4v) is 5.31. The van der Waals surface area contributed by atoms with Crippen molar-refractivity contribution in [2.75, 3.05) is 10.8 Å². The number of para-hydroxylation sites is 1. The first kappa shape index (κ1) is 16.0. The number of benzene rings is 1. The van der Waals surface area contributed by atoms with Gasteiger partial charge in [0.2, 0.25) is 0 Å². The van der Waals surface area contributed by atoms with Gasteiger partial charge in [0.1, 0.15) is 4.21 Å². The maximum absolute atomic E-state index is 12.7. The molecule has 0 bridgehead atoms. The highest BCUT2D eigenvalue weighted by Crippen LogP contribution is 2.31. The van der Waals surface area contributed by atoms with Gasteiger partial charge in [-0.1, -0.05) is 18.2 Å². The summed E-state index contributed by atoms with van der Waals surface area (Å²) >= 11 is 4.33. The lowest BCUT2D eigenvalue weighted by Crippen LogP contribution is -2.32. The van der Waals surface area contributed by atoms with Gasteiger partial charge in [0.15, 0.2) is 0 Å². The van der Waals surface area contributed by atoms with Gasteiger partial charge < -0.3 is 5.11 Å². The summed E-state index contributed by atoms with van der Waals surface area (Å²) in [5.41, 5.74) is 0.447. The molecule has 5 nitrogen and oxygen atoms in total. The van der Waals surface area contributed by atoms with Crippen molar-refractivity contribution in [3.8, 4) is 0 Å². The van der Waals surface area contributed by atoms with Gasteiger partial charge in [0, 0.05) is 6.54 Å². The van der Waals surface area contributed by atoms with E-state index in [4.69, 9.17) is 5.11 Å². The Labute approximate surface area is 135 Å². The molecule has 0 saturated heterocycles. The summed E-state index contributed by atoms with van der Waals surface area (Å²) in [5.74, 6) is -1.04. The van der Waals surface area contributed by atoms with Crippen molar-refractivity contribution in [1.82, 2.24) is 0 Å². The first-order valence-corrected chi connectivity index (χ1v) is 9.01. The molecule has 0 aliphatic carbocycles. The van der Waals surface area contributed by atoms with Gasteiger partial charge in [0.25, 0.3) is 10.0 Å². The van der Waals surface area contributed by atoms with Gasteiger partial charge >= 0.3 is 5.97 Å². The van der Waals surface area contributed by atoms with Crippen molar-refractivity contribution >= 4 is 48.9 Å². The Morgan fingerprint density at radius 3 is 2.38 bits per heavy atom. The van der Waals surface area contributed by atoms with E-state index in [9.17, 15) is 13.2 Å². The number of rotatable bonds is 6. The number of halogens is 1. The molecule has 0 aliphatic rings. The summed E-state index contributed by atoms with van der Waals surface area (Å²) in [6, 6.07) is 11.6. The first-order chi connectivity index (χ1) is 9.91. The van der Waals surface area contributed by atoms with E-state index in [0.717, 1.165) is 15.6 Å². The second-order valence-electron chi connectivity index (χ2n) is 4.12. The minimum absolute atomic E-state index is 0.114. The highest BCUT2D eigenvalue weighted by molar-refractivity contribution is 9.11. The van der Waals surface area contributed by atoms with E-state index in [1.54, 1.807) is 36.4 Å². The number of carboxylic acids is 1. The molecule has 0 amide bonds. The van der Waals surface area contributed by atoms with Gasteiger partial charge in [-0.25, -0.2) is 8.42 Å². The van der Waals surface area contributed by atoms with Crippen LogP contribution in [0.15, 0.2) is 50.5 Å². The maximum atomic E-state index is 12.7. The SMILES string of the molecule is O=C(O)CCN(c1ccccc1)S(=O)(=O)c1ccc(Br)s1. The van der Waals surface area contributed by atoms with Crippen molar-refractivity contribution < 1.29 is 18.3 Å². The van der Waals surface area contributed by atoms with Crippen LogP contribution in [-0.2, 0) is 14.8 Å². The standard InChI is InChI=1S/C13H12BrNO4S2/c14-11-6-7-13(20-11)21(18,19)15(9-8-12(16)17)10-4-2-1-3-5-10/h1-7H,8-9H2,(H,16,17). The molecule has 0 fully saturated rings. The summed E-state index contributed by atoms with van der Waals surface area (Å²) in [7, 11) is -3.77. The zero-order valence-electron chi connectivity index (χ0n) is 10.8. The molecule has 0 atom stereocenters. The molecule has 2 rings (SSSR count). The van der Waals surface area contributed by atoms with Gasteiger partial charge in [0.05, 0.1) is 15.9 Å². The second kappa shape index (κ2) is 6.59. The largest absolute Gasteiger partial charge is 0.481 e. The van der Waals surface area contributed by atoms with E-state index in [2.05, 4.69) is 15.9 Å². The van der Waals surface area contributed by atoms with Crippen LogP contribution in [0.5, 0.6) is 0 Å². The van der Waals surface area contributed by atoms with Gasteiger partial charge in [-0.2, -0.15) is 0 Å². The van der Waals surface area contributed by atoms with E-state index in [-0.39, 0.29) is 17.2 Å².